The van der Waals surface area contributed by atoms with Gasteiger partial charge in [0, 0.05) is 5.69 Å². The monoisotopic (exact) mass is 409 g/mol. The fraction of sp³-hybridized carbons (Fsp3) is 0.364. The van der Waals surface area contributed by atoms with E-state index in [4.69, 9.17) is 0 Å². The largest absolute Gasteiger partial charge is 0.325 e. The number of carbonyl (C=O) groups excluding carboxylic acids is 1. The van der Waals surface area contributed by atoms with Crippen molar-refractivity contribution in [2.24, 2.45) is 0 Å². The van der Waals surface area contributed by atoms with E-state index >= 15 is 0 Å². The van der Waals surface area contributed by atoms with Crippen molar-refractivity contribution < 1.29 is 4.79 Å². The fourth-order valence-corrected chi connectivity index (χ4v) is 4.04. The number of amides is 1. The number of aryl methyl sites for hydroxylation is 3. The first kappa shape index (κ1) is 21.0. The molecule has 3 aromatic rings. The summed E-state index contributed by atoms with van der Waals surface area (Å²) in [5.41, 5.74) is 6.30. The van der Waals surface area contributed by atoms with Gasteiger partial charge < -0.3 is 5.32 Å². The lowest BCUT2D eigenvalue weighted by atomic mass is 10.0. The number of nitrogens with one attached hydrogen (secondary N) is 1. The molecule has 2 aromatic carbocycles. The van der Waals surface area contributed by atoms with Gasteiger partial charge in [0.15, 0.2) is 0 Å². The van der Waals surface area contributed by atoms with Gasteiger partial charge in [-0.2, -0.15) is 4.68 Å². The summed E-state index contributed by atoms with van der Waals surface area (Å²) < 4.78 is 1.67. The number of hydrogen-bond acceptors (Lipinski definition) is 5. The molecule has 0 radical (unpaired) electrons. The van der Waals surface area contributed by atoms with Crippen LogP contribution in [0.5, 0.6) is 0 Å². The van der Waals surface area contributed by atoms with Crippen molar-refractivity contribution in [3.8, 4) is 5.69 Å². The summed E-state index contributed by atoms with van der Waals surface area (Å²) >= 11 is 1.34. The maximum atomic E-state index is 12.8. The first-order valence-corrected chi connectivity index (χ1v) is 10.6. The molecule has 0 bridgehead atoms. The summed E-state index contributed by atoms with van der Waals surface area (Å²) in [6, 6.07) is 12.3. The summed E-state index contributed by atoms with van der Waals surface area (Å²) in [6.07, 6.45) is 0. The number of carbonyl (C=O) groups is 1. The lowest BCUT2D eigenvalue weighted by Gasteiger charge is -2.16. The van der Waals surface area contributed by atoms with E-state index < -0.39 is 0 Å². The van der Waals surface area contributed by atoms with Gasteiger partial charge in [-0.25, -0.2) is 0 Å². The predicted molar refractivity (Wildman–Crippen MR) is 118 cm³/mol. The quantitative estimate of drug-likeness (QED) is 0.590. The second-order valence-electron chi connectivity index (χ2n) is 7.64. The van der Waals surface area contributed by atoms with Gasteiger partial charge in [-0.3, -0.25) is 4.79 Å². The van der Waals surface area contributed by atoms with E-state index in [-0.39, 0.29) is 11.2 Å². The van der Waals surface area contributed by atoms with Gasteiger partial charge in [0.05, 0.1) is 10.9 Å². The summed E-state index contributed by atoms with van der Waals surface area (Å²) in [4.78, 5) is 12.8. The van der Waals surface area contributed by atoms with Gasteiger partial charge in [-0.1, -0.05) is 55.4 Å². The second-order valence-corrected chi connectivity index (χ2v) is 8.95. The van der Waals surface area contributed by atoms with Crippen LogP contribution in [0.4, 0.5) is 5.69 Å². The van der Waals surface area contributed by atoms with E-state index in [0.717, 1.165) is 22.5 Å². The lowest BCUT2D eigenvalue weighted by Crippen LogP contribution is -2.24. The van der Waals surface area contributed by atoms with Crippen molar-refractivity contribution in [1.82, 2.24) is 20.2 Å². The Morgan fingerprint density at radius 2 is 1.66 bits per heavy atom. The first-order valence-electron chi connectivity index (χ1n) is 9.70. The zero-order chi connectivity index (χ0) is 21.1. The van der Waals surface area contributed by atoms with Gasteiger partial charge in [0.25, 0.3) is 0 Å². The minimum absolute atomic E-state index is 0.0743. The normalized spacial score (nSPS) is 12.2. The highest BCUT2D eigenvalue weighted by molar-refractivity contribution is 8.00. The number of thioether (sulfide) groups is 1. The molecule has 152 valence electrons. The molecule has 0 aliphatic rings. The van der Waals surface area contributed by atoms with Crippen molar-refractivity contribution >= 4 is 23.4 Å². The summed E-state index contributed by atoms with van der Waals surface area (Å²) in [7, 11) is 0. The molecule has 3 rings (SSSR count). The second kappa shape index (κ2) is 8.78. The molecule has 1 atom stereocenters. The highest BCUT2D eigenvalue weighted by Crippen LogP contribution is 2.27. The maximum absolute atomic E-state index is 12.8. The Labute approximate surface area is 176 Å². The Balaban J connectivity index is 1.74. The highest BCUT2D eigenvalue weighted by atomic mass is 32.2. The van der Waals surface area contributed by atoms with E-state index in [1.165, 1.54) is 22.9 Å². The molecule has 29 heavy (non-hydrogen) atoms. The third-order valence-electron chi connectivity index (χ3n) is 4.82. The molecule has 1 N–H and O–H groups in total. The molecule has 7 heteroatoms. The molecule has 0 saturated heterocycles. The Kier molecular flexibility index (Phi) is 6.37. The van der Waals surface area contributed by atoms with Crippen molar-refractivity contribution in [3.63, 3.8) is 0 Å². The summed E-state index contributed by atoms with van der Waals surface area (Å²) in [5.74, 6) is 0.388. The van der Waals surface area contributed by atoms with Gasteiger partial charge in [0.1, 0.15) is 0 Å². The van der Waals surface area contributed by atoms with Gasteiger partial charge in [-0.15, -0.1) is 5.10 Å². The van der Waals surface area contributed by atoms with Crippen LogP contribution in [0.3, 0.4) is 0 Å². The number of hydrogen-bond donors (Lipinski definition) is 1. The van der Waals surface area contributed by atoms with Gasteiger partial charge in [0.2, 0.25) is 11.1 Å². The van der Waals surface area contributed by atoms with Crippen molar-refractivity contribution in [2.45, 2.75) is 57.9 Å². The third kappa shape index (κ3) is 4.85. The minimum atomic E-state index is -0.352. The van der Waals surface area contributed by atoms with Crippen molar-refractivity contribution in [3.05, 3.63) is 58.7 Å². The SMILES string of the molecule is Cc1cc(C)c(NC(=O)[C@@H](C)Sc2nnnn2-c2ccc(C(C)C)cc2)c(C)c1. The number of anilines is 1. The van der Waals surface area contributed by atoms with Crippen LogP contribution in [-0.2, 0) is 4.79 Å². The molecule has 0 spiro atoms. The first-order chi connectivity index (χ1) is 13.8. The predicted octanol–water partition coefficient (Wildman–Crippen LogP) is 4.83. The minimum Gasteiger partial charge on any atom is -0.325 e. The van der Waals surface area contributed by atoms with Gasteiger partial charge >= 0.3 is 0 Å². The number of aromatic nitrogens is 4. The third-order valence-corrected chi connectivity index (χ3v) is 5.85. The smallest absolute Gasteiger partial charge is 0.237 e. The van der Waals surface area contributed by atoms with Crippen LogP contribution in [0.2, 0.25) is 0 Å². The van der Waals surface area contributed by atoms with Crippen molar-refractivity contribution in [2.75, 3.05) is 5.32 Å². The summed E-state index contributed by atoms with van der Waals surface area (Å²) in [6.45, 7) is 12.2. The number of tetrazole rings is 1. The molecule has 6 nitrogen and oxygen atoms in total. The van der Waals surface area contributed by atoms with Crippen molar-refractivity contribution in [1.29, 1.82) is 0 Å². The van der Waals surface area contributed by atoms with E-state index in [9.17, 15) is 4.79 Å². The van der Waals surface area contributed by atoms with Crippen LogP contribution >= 0.6 is 11.8 Å². The maximum Gasteiger partial charge on any atom is 0.237 e. The van der Waals surface area contributed by atoms with Crippen LogP contribution in [-0.4, -0.2) is 31.4 Å². The molecular formula is C22H27N5OS. The number of nitrogens with zero attached hydrogens (tertiary/aromatic N) is 4. The van der Waals surface area contributed by atoms with Crippen LogP contribution in [0.25, 0.3) is 5.69 Å². The number of benzene rings is 2. The van der Waals surface area contributed by atoms with Gasteiger partial charge in [-0.05, 0) is 72.9 Å². The Morgan fingerprint density at radius 3 is 2.24 bits per heavy atom. The molecule has 0 aliphatic heterocycles. The lowest BCUT2D eigenvalue weighted by molar-refractivity contribution is -0.115. The molecule has 1 aromatic heterocycles. The molecule has 1 heterocycles. The molecular weight excluding hydrogens is 382 g/mol. The van der Waals surface area contributed by atoms with E-state index in [0.29, 0.717) is 11.1 Å². The average Bonchev–Trinajstić information content (AvgIpc) is 3.12. The molecule has 0 saturated carbocycles. The van der Waals surface area contributed by atoms with E-state index in [1.54, 1.807) is 4.68 Å². The molecule has 0 fully saturated rings. The Bertz CT molecular complexity index is 987. The zero-order valence-corrected chi connectivity index (χ0v) is 18.5. The fourth-order valence-electron chi connectivity index (χ4n) is 3.23. The van der Waals surface area contributed by atoms with Crippen LogP contribution < -0.4 is 5.32 Å². The van der Waals surface area contributed by atoms with E-state index in [1.807, 2.05) is 32.9 Å². The van der Waals surface area contributed by atoms with Crippen LogP contribution in [0, 0.1) is 20.8 Å². The topological polar surface area (TPSA) is 72.7 Å². The molecule has 0 unspecified atom stereocenters. The number of rotatable bonds is 6. The van der Waals surface area contributed by atoms with E-state index in [2.05, 4.69) is 65.9 Å². The standard InChI is InChI=1S/C22H27N5OS/c1-13(2)18-7-9-19(10-8-18)27-22(24-25-26-27)29-17(6)21(28)23-20-15(4)11-14(3)12-16(20)5/h7-13,17H,1-6H3,(H,23,28)/t17-/m1/s1. The average molecular weight is 410 g/mol. The Morgan fingerprint density at radius 1 is 1.03 bits per heavy atom. The highest BCUT2D eigenvalue weighted by Gasteiger charge is 2.20. The molecule has 1 amide bonds. The van der Waals surface area contributed by atoms with Crippen LogP contribution in [0.1, 0.15) is 48.9 Å². The zero-order valence-electron chi connectivity index (χ0n) is 17.7. The van der Waals surface area contributed by atoms with Crippen LogP contribution in [0.15, 0.2) is 41.6 Å². The summed E-state index contributed by atoms with van der Waals surface area (Å²) in [5, 5.41) is 15.3. The molecule has 0 aliphatic carbocycles. The Hall–Kier alpha value is -2.67.